The Morgan fingerprint density at radius 1 is 1.07 bits per heavy atom. The summed E-state index contributed by atoms with van der Waals surface area (Å²) in [6.07, 6.45) is -5.14. The fraction of sp³-hybridized carbons (Fsp3) is 0.474. The second-order valence-electron chi connectivity index (χ2n) is 6.34. The number of rotatable bonds is 4. The molecular weight excluding hydrogens is 370 g/mol. The van der Waals surface area contributed by atoms with Crippen molar-refractivity contribution in [3.8, 4) is 0 Å². The molecule has 0 saturated carbocycles. The molecule has 5 atom stereocenters. The van der Waals surface area contributed by atoms with E-state index < -0.39 is 48.1 Å². The predicted octanol–water partition coefficient (Wildman–Crippen LogP) is 1.60. The molecule has 1 aliphatic heterocycles. The molecule has 150 valence electrons. The summed E-state index contributed by atoms with van der Waals surface area (Å²) < 4.78 is 21.8. The molecule has 1 heterocycles. The fourth-order valence-corrected chi connectivity index (χ4v) is 3.08. The molecule has 1 aromatic rings. The van der Waals surface area contributed by atoms with E-state index in [2.05, 4.69) is 4.85 Å². The zero-order valence-corrected chi connectivity index (χ0v) is 15.9. The van der Waals surface area contributed by atoms with Crippen LogP contribution in [0.25, 0.3) is 4.85 Å². The fourth-order valence-electron chi connectivity index (χ4n) is 3.08. The Morgan fingerprint density at radius 2 is 1.64 bits per heavy atom. The van der Waals surface area contributed by atoms with Crippen LogP contribution in [-0.4, -0.2) is 47.4 Å². The number of hydrogen-bond acceptors (Lipinski definition) is 8. The van der Waals surface area contributed by atoms with E-state index in [-0.39, 0.29) is 5.56 Å². The summed E-state index contributed by atoms with van der Waals surface area (Å²) in [5.74, 6) is -4.23. The van der Waals surface area contributed by atoms with Crippen LogP contribution >= 0.6 is 0 Å². The summed E-state index contributed by atoms with van der Waals surface area (Å²) in [6, 6.07) is 5.89. The third kappa shape index (κ3) is 4.30. The topological polar surface area (TPSA) is 113 Å². The molecule has 1 aliphatic rings. The average Bonchev–Trinajstić information content (AvgIpc) is 2.61. The van der Waals surface area contributed by atoms with E-state index >= 15 is 0 Å². The lowest BCUT2D eigenvalue weighted by Gasteiger charge is -2.49. The van der Waals surface area contributed by atoms with E-state index in [4.69, 9.17) is 25.5 Å². The molecule has 0 bridgehead atoms. The van der Waals surface area contributed by atoms with Gasteiger partial charge < -0.3 is 24.1 Å². The maximum Gasteiger partial charge on any atom is 0.305 e. The molecule has 28 heavy (non-hydrogen) atoms. The molecule has 0 radical (unpaired) electrons. The normalized spacial score (nSPS) is 29.3. The number of hydrogen-bond donors (Lipinski definition) is 1. The highest BCUT2D eigenvalue weighted by Gasteiger charge is 2.60. The second-order valence-corrected chi connectivity index (χ2v) is 6.34. The van der Waals surface area contributed by atoms with E-state index in [1.165, 1.54) is 31.2 Å². The Kier molecular flexibility index (Phi) is 6.38. The van der Waals surface area contributed by atoms with Gasteiger partial charge in [0, 0.05) is 26.3 Å². The lowest BCUT2D eigenvalue weighted by atomic mass is 9.87. The third-order valence-corrected chi connectivity index (χ3v) is 4.14. The van der Waals surface area contributed by atoms with Gasteiger partial charge in [-0.05, 0) is 6.92 Å². The Morgan fingerprint density at radius 3 is 2.11 bits per heavy atom. The molecule has 1 saturated heterocycles. The Balaban J connectivity index is 2.68. The molecule has 9 heteroatoms. The van der Waals surface area contributed by atoms with Crippen LogP contribution in [0.2, 0.25) is 0 Å². The SMILES string of the molecule is [C-]#[N+]c1ccc([C@]2(OC(C)=O)O[C@@H](C)[C@H](O)[C@@H](OC(C)=O)[C@H]2OC(C)=O)cc1. The predicted molar refractivity (Wildman–Crippen MR) is 93.8 cm³/mol. The Labute approximate surface area is 162 Å². The van der Waals surface area contributed by atoms with Crippen molar-refractivity contribution in [1.29, 1.82) is 0 Å². The number of nitrogens with zero attached hydrogens (tertiary/aromatic N) is 1. The number of esters is 3. The molecule has 1 fully saturated rings. The number of aliphatic hydroxyl groups is 1. The molecule has 0 aliphatic carbocycles. The first-order valence-corrected chi connectivity index (χ1v) is 8.48. The summed E-state index contributed by atoms with van der Waals surface area (Å²) >= 11 is 0. The number of carbonyl (C=O) groups is 3. The van der Waals surface area contributed by atoms with Crippen LogP contribution in [0.5, 0.6) is 0 Å². The van der Waals surface area contributed by atoms with Gasteiger partial charge in [-0.3, -0.25) is 14.4 Å². The first-order valence-electron chi connectivity index (χ1n) is 8.48. The number of carbonyl (C=O) groups excluding carboxylic acids is 3. The van der Waals surface area contributed by atoms with E-state index in [0.717, 1.165) is 20.8 Å². The lowest BCUT2D eigenvalue weighted by Crippen LogP contribution is -2.65. The first kappa shape index (κ1) is 21.3. The van der Waals surface area contributed by atoms with E-state index in [1.54, 1.807) is 0 Å². The summed E-state index contributed by atoms with van der Waals surface area (Å²) in [5.41, 5.74) is 0.573. The minimum Gasteiger partial charge on any atom is -0.455 e. The lowest BCUT2D eigenvalue weighted by molar-refractivity contribution is -0.355. The molecular formula is C19H21NO8. The molecule has 2 rings (SSSR count). The highest BCUT2D eigenvalue weighted by Crippen LogP contribution is 2.43. The van der Waals surface area contributed by atoms with E-state index in [9.17, 15) is 19.5 Å². The van der Waals surface area contributed by atoms with Crippen LogP contribution in [0.3, 0.4) is 0 Å². The van der Waals surface area contributed by atoms with Gasteiger partial charge in [0.1, 0.15) is 6.10 Å². The number of ether oxygens (including phenoxy) is 4. The molecule has 0 unspecified atom stereocenters. The summed E-state index contributed by atoms with van der Waals surface area (Å²) in [7, 11) is 0. The van der Waals surface area contributed by atoms with Crippen molar-refractivity contribution in [1.82, 2.24) is 0 Å². The van der Waals surface area contributed by atoms with Gasteiger partial charge in [-0.15, -0.1) is 0 Å². The van der Waals surface area contributed by atoms with Crippen molar-refractivity contribution in [2.24, 2.45) is 0 Å². The maximum atomic E-state index is 11.9. The minimum atomic E-state index is -1.99. The number of benzene rings is 1. The molecule has 0 amide bonds. The maximum absolute atomic E-state index is 11.9. The smallest absolute Gasteiger partial charge is 0.305 e. The quantitative estimate of drug-likeness (QED) is 0.468. The molecule has 1 aromatic carbocycles. The molecule has 9 nitrogen and oxygen atoms in total. The Bertz CT molecular complexity index is 799. The van der Waals surface area contributed by atoms with Crippen LogP contribution in [0.4, 0.5) is 5.69 Å². The molecule has 0 aromatic heterocycles. The van der Waals surface area contributed by atoms with Crippen molar-refractivity contribution in [2.75, 3.05) is 0 Å². The zero-order chi connectivity index (χ0) is 21.1. The summed E-state index contributed by atoms with van der Waals surface area (Å²) in [4.78, 5) is 38.5. The molecule has 0 spiro atoms. The van der Waals surface area contributed by atoms with Crippen molar-refractivity contribution in [3.05, 3.63) is 41.2 Å². The summed E-state index contributed by atoms with van der Waals surface area (Å²) in [5, 5.41) is 10.5. The largest absolute Gasteiger partial charge is 0.455 e. The van der Waals surface area contributed by atoms with Gasteiger partial charge in [0.15, 0.2) is 11.8 Å². The number of aliphatic hydroxyl groups excluding tert-OH is 1. The van der Waals surface area contributed by atoms with E-state index in [0.29, 0.717) is 5.69 Å². The Hall–Kier alpha value is -2.96. The van der Waals surface area contributed by atoms with Crippen molar-refractivity contribution in [2.45, 2.75) is 57.9 Å². The van der Waals surface area contributed by atoms with Gasteiger partial charge in [0.05, 0.1) is 12.7 Å². The minimum absolute atomic E-state index is 0.247. The van der Waals surface area contributed by atoms with Gasteiger partial charge in [0.25, 0.3) is 5.79 Å². The van der Waals surface area contributed by atoms with Gasteiger partial charge in [0.2, 0.25) is 6.10 Å². The zero-order valence-electron chi connectivity index (χ0n) is 15.9. The van der Waals surface area contributed by atoms with Crippen LogP contribution in [-0.2, 0) is 39.1 Å². The second kappa shape index (κ2) is 8.37. The highest BCUT2D eigenvalue weighted by molar-refractivity contribution is 5.69. The third-order valence-electron chi connectivity index (χ3n) is 4.14. The van der Waals surface area contributed by atoms with Crippen molar-refractivity contribution < 1.29 is 38.4 Å². The van der Waals surface area contributed by atoms with Crippen LogP contribution in [0.15, 0.2) is 24.3 Å². The molecule has 1 N–H and O–H groups in total. The van der Waals surface area contributed by atoms with Gasteiger partial charge >= 0.3 is 17.9 Å². The van der Waals surface area contributed by atoms with Gasteiger partial charge in [-0.1, -0.05) is 24.3 Å². The van der Waals surface area contributed by atoms with E-state index in [1.807, 2.05) is 0 Å². The standard InChI is InChI=1S/C19H21NO8/c1-10-16(24)17(25-11(2)21)18(26-12(3)22)19(27-10,28-13(4)23)14-6-8-15(20-5)9-7-14/h6-10,16-18,24H,1-4H3/t10-,16-,17+,18+,19+/m0/s1. The van der Waals surface area contributed by atoms with Crippen LogP contribution in [0.1, 0.15) is 33.3 Å². The monoisotopic (exact) mass is 391 g/mol. The van der Waals surface area contributed by atoms with Gasteiger partial charge in [-0.25, -0.2) is 4.85 Å². The highest BCUT2D eigenvalue weighted by atomic mass is 16.8. The van der Waals surface area contributed by atoms with Crippen LogP contribution in [0, 0.1) is 6.57 Å². The summed E-state index contributed by atoms with van der Waals surface area (Å²) in [6.45, 7) is 12.0. The van der Waals surface area contributed by atoms with Crippen molar-refractivity contribution >= 4 is 23.6 Å². The van der Waals surface area contributed by atoms with Crippen LogP contribution < -0.4 is 0 Å². The van der Waals surface area contributed by atoms with Crippen molar-refractivity contribution in [3.63, 3.8) is 0 Å². The van der Waals surface area contributed by atoms with Gasteiger partial charge in [-0.2, -0.15) is 0 Å². The average molecular weight is 391 g/mol. The first-order chi connectivity index (χ1) is 13.1.